The van der Waals surface area contributed by atoms with Crippen LogP contribution in [0.2, 0.25) is 0 Å². The molecule has 0 heterocycles. The smallest absolute Gasteiger partial charge is 0.319 e. The van der Waals surface area contributed by atoms with E-state index in [1.807, 2.05) is 32.9 Å². The van der Waals surface area contributed by atoms with E-state index in [-0.39, 0.29) is 17.3 Å². The summed E-state index contributed by atoms with van der Waals surface area (Å²) in [5.74, 6) is -1.61. The second kappa shape index (κ2) is 7.12. The maximum absolute atomic E-state index is 13.4. The number of primary amides is 1. The molecule has 0 aliphatic heterocycles. The van der Waals surface area contributed by atoms with Gasteiger partial charge < -0.3 is 16.4 Å². The average Bonchev–Trinajstić information content (AvgIpc) is 2.47. The molecular formula is C18H20FN3O2. The van der Waals surface area contributed by atoms with E-state index in [1.165, 1.54) is 12.1 Å². The summed E-state index contributed by atoms with van der Waals surface area (Å²) in [6.07, 6.45) is 0. The minimum Gasteiger partial charge on any atom is -0.366 e. The Kier molecular flexibility index (Phi) is 5.18. The highest BCUT2D eigenvalue weighted by Crippen LogP contribution is 2.18. The quantitative estimate of drug-likeness (QED) is 0.803. The van der Waals surface area contributed by atoms with Gasteiger partial charge in [0.25, 0.3) is 5.91 Å². The lowest BCUT2D eigenvalue weighted by molar-refractivity contribution is 0.0996. The van der Waals surface area contributed by atoms with Crippen LogP contribution >= 0.6 is 0 Å². The number of aryl methyl sites for hydroxylation is 2. The number of rotatable bonds is 4. The van der Waals surface area contributed by atoms with Gasteiger partial charge in [-0.2, -0.15) is 0 Å². The zero-order chi connectivity index (χ0) is 17.9. The molecule has 0 saturated carbocycles. The molecule has 126 valence electrons. The van der Waals surface area contributed by atoms with E-state index in [0.29, 0.717) is 0 Å². The van der Waals surface area contributed by atoms with Gasteiger partial charge in [0.1, 0.15) is 5.82 Å². The topological polar surface area (TPSA) is 84.2 Å². The van der Waals surface area contributed by atoms with Crippen molar-refractivity contribution in [2.75, 3.05) is 5.32 Å². The zero-order valence-corrected chi connectivity index (χ0v) is 13.8. The highest BCUT2D eigenvalue weighted by atomic mass is 19.1. The van der Waals surface area contributed by atoms with E-state index in [4.69, 9.17) is 5.73 Å². The monoisotopic (exact) mass is 329 g/mol. The highest BCUT2D eigenvalue weighted by molar-refractivity contribution is 5.96. The first-order valence-electron chi connectivity index (χ1n) is 7.51. The number of urea groups is 1. The van der Waals surface area contributed by atoms with Crippen molar-refractivity contribution in [3.05, 3.63) is 64.5 Å². The van der Waals surface area contributed by atoms with Crippen LogP contribution < -0.4 is 16.4 Å². The van der Waals surface area contributed by atoms with Crippen molar-refractivity contribution in [3.8, 4) is 0 Å². The van der Waals surface area contributed by atoms with Crippen LogP contribution in [0.15, 0.2) is 36.4 Å². The van der Waals surface area contributed by atoms with Crippen molar-refractivity contribution in [2.45, 2.75) is 26.8 Å². The number of benzene rings is 2. The van der Waals surface area contributed by atoms with Crippen molar-refractivity contribution in [3.63, 3.8) is 0 Å². The molecule has 3 amide bonds. The minimum absolute atomic E-state index is 0.209. The Morgan fingerprint density at radius 1 is 1.08 bits per heavy atom. The molecule has 0 aliphatic rings. The van der Waals surface area contributed by atoms with Crippen molar-refractivity contribution < 1.29 is 14.0 Å². The Labute approximate surface area is 140 Å². The normalized spacial score (nSPS) is 11.7. The van der Waals surface area contributed by atoms with E-state index in [0.717, 1.165) is 22.8 Å². The van der Waals surface area contributed by atoms with Gasteiger partial charge in [0.2, 0.25) is 0 Å². The van der Waals surface area contributed by atoms with E-state index < -0.39 is 17.8 Å². The van der Waals surface area contributed by atoms with Gasteiger partial charge in [-0.25, -0.2) is 9.18 Å². The Bertz CT molecular complexity index is 770. The molecular weight excluding hydrogens is 309 g/mol. The number of hydrogen-bond donors (Lipinski definition) is 3. The zero-order valence-electron chi connectivity index (χ0n) is 13.8. The summed E-state index contributed by atoms with van der Waals surface area (Å²) in [4.78, 5) is 23.2. The molecule has 0 fully saturated rings. The van der Waals surface area contributed by atoms with Crippen molar-refractivity contribution in [1.82, 2.24) is 5.32 Å². The van der Waals surface area contributed by atoms with Crippen LogP contribution in [0.1, 0.15) is 40.0 Å². The predicted octanol–water partition coefficient (Wildman–Crippen LogP) is 3.42. The molecule has 6 heteroatoms. The molecule has 0 spiro atoms. The second-order valence-electron chi connectivity index (χ2n) is 5.80. The van der Waals surface area contributed by atoms with E-state index in [2.05, 4.69) is 16.7 Å². The molecule has 2 rings (SSSR count). The largest absolute Gasteiger partial charge is 0.366 e. The number of halogens is 1. The summed E-state index contributed by atoms with van der Waals surface area (Å²) in [5.41, 5.74) is 8.33. The molecule has 2 aromatic rings. The molecule has 5 nitrogen and oxygen atoms in total. The molecule has 4 N–H and O–H groups in total. The Balaban J connectivity index is 2.07. The molecule has 2 aromatic carbocycles. The number of anilines is 1. The maximum atomic E-state index is 13.4. The molecule has 0 aliphatic carbocycles. The first kappa shape index (κ1) is 17.5. The van der Waals surface area contributed by atoms with Crippen LogP contribution in [0, 0.1) is 19.7 Å². The number of hydrogen-bond acceptors (Lipinski definition) is 2. The van der Waals surface area contributed by atoms with Gasteiger partial charge in [0, 0.05) is 5.69 Å². The summed E-state index contributed by atoms with van der Waals surface area (Å²) >= 11 is 0. The summed E-state index contributed by atoms with van der Waals surface area (Å²) in [7, 11) is 0. The Morgan fingerprint density at radius 2 is 1.71 bits per heavy atom. The maximum Gasteiger partial charge on any atom is 0.319 e. The van der Waals surface area contributed by atoms with Gasteiger partial charge in [-0.3, -0.25) is 4.79 Å². The molecule has 0 bridgehead atoms. The third-order valence-electron chi connectivity index (χ3n) is 3.58. The molecule has 0 unspecified atom stereocenters. The van der Waals surface area contributed by atoms with E-state index in [1.54, 1.807) is 0 Å². The summed E-state index contributed by atoms with van der Waals surface area (Å²) in [6.45, 7) is 5.85. The van der Waals surface area contributed by atoms with Crippen LogP contribution in [-0.4, -0.2) is 11.9 Å². The van der Waals surface area contributed by atoms with Gasteiger partial charge >= 0.3 is 6.03 Å². The van der Waals surface area contributed by atoms with Gasteiger partial charge in [-0.15, -0.1) is 0 Å². The van der Waals surface area contributed by atoms with Crippen molar-refractivity contribution in [1.29, 1.82) is 0 Å². The Hall–Kier alpha value is -2.89. The van der Waals surface area contributed by atoms with Gasteiger partial charge in [-0.05, 0) is 44.5 Å². The first-order valence-corrected chi connectivity index (χ1v) is 7.51. The number of amides is 3. The fourth-order valence-electron chi connectivity index (χ4n) is 2.50. The molecule has 1 atom stereocenters. The molecule has 0 saturated heterocycles. The predicted molar refractivity (Wildman–Crippen MR) is 91.4 cm³/mol. The molecule has 0 aromatic heterocycles. The Morgan fingerprint density at radius 3 is 2.29 bits per heavy atom. The van der Waals surface area contributed by atoms with E-state index >= 15 is 0 Å². The van der Waals surface area contributed by atoms with Gasteiger partial charge in [0.15, 0.2) is 0 Å². The lowest BCUT2D eigenvalue weighted by Crippen LogP contribution is -2.31. The van der Waals surface area contributed by atoms with Crippen molar-refractivity contribution in [2.24, 2.45) is 5.73 Å². The fraction of sp³-hybridized carbons (Fsp3) is 0.222. The SMILES string of the molecule is Cc1cc(C)cc([C@@H](C)NC(=O)Nc2ccc(F)c(C(N)=O)c2)c1. The van der Waals surface area contributed by atoms with Crippen LogP contribution in [-0.2, 0) is 0 Å². The van der Waals surface area contributed by atoms with Crippen LogP contribution in [0.5, 0.6) is 0 Å². The van der Waals surface area contributed by atoms with Gasteiger partial charge in [-0.1, -0.05) is 29.3 Å². The number of nitrogens with two attached hydrogens (primary N) is 1. The lowest BCUT2D eigenvalue weighted by atomic mass is 10.0. The third kappa shape index (κ3) is 4.32. The minimum atomic E-state index is -0.889. The van der Waals surface area contributed by atoms with Crippen LogP contribution in [0.3, 0.4) is 0 Å². The van der Waals surface area contributed by atoms with Crippen LogP contribution in [0.25, 0.3) is 0 Å². The van der Waals surface area contributed by atoms with Crippen molar-refractivity contribution >= 4 is 17.6 Å². The lowest BCUT2D eigenvalue weighted by Gasteiger charge is -2.16. The van der Waals surface area contributed by atoms with Crippen LogP contribution in [0.4, 0.5) is 14.9 Å². The second-order valence-corrected chi connectivity index (χ2v) is 5.80. The highest BCUT2D eigenvalue weighted by Gasteiger charge is 2.13. The molecule has 0 radical (unpaired) electrons. The summed E-state index contributed by atoms with van der Waals surface area (Å²) in [6, 6.07) is 9.05. The fourth-order valence-corrected chi connectivity index (χ4v) is 2.50. The average molecular weight is 329 g/mol. The standard InChI is InChI=1S/C18H20FN3O2/c1-10-6-11(2)8-13(7-10)12(3)21-18(24)22-14-4-5-16(19)15(9-14)17(20)23/h4-9,12H,1-3H3,(H2,20,23)(H2,21,22,24)/t12-/m1/s1. The number of nitrogens with one attached hydrogen (secondary N) is 2. The number of carbonyl (C=O) groups excluding carboxylic acids is 2. The van der Waals surface area contributed by atoms with E-state index in [9.17, 15) is 14.0 Å². The third-order valence-corrected chi connectivity index (χ3v) is 3.58. The first-order chi connectivity index (χ1) is 11.3. The summed E-state index contributed by atoms with van der Waals surface area (Å²) < 4.78 is 13.4. The van der Waals surface area contributed by atoms with Gasteiger partial charge in [0.05, 0.1) is 11.6 Å². The summed E-state index contributed by atoms with van der Waals surface area (Å²) in [5, 5.41) is 5.37. The number of carbonyl (C=O) groups is 2. The molecule has 24 heavy (non-hydrogen) atoms.